The second-order valence-corrected chi connectivity index (χ2v) is 10.2. The zero-order valence-corrected chi connectivity index (χ0v) is 21.6. The van der Waals surface area contributed by atoms with Crippen LogP contribution in [0, 0.1) is 20.8 Å². The summed E-state index contributed by atoms with van der Waals surface area (Å²) in [5.74, 6) is 0.969. The first-order valence-electron chi connectivity index (χ1n) is 11.5. The first-order valence-corrected chi connectivity index (χ1v) is 13.0. The van der Waals surface area contributed by atoms with Crippen LogP contribution in [-0.2, 0) is 22.9 Å². The van der Waals surface area contributed by atoms with Gasteiger partial charge in [-0.25, -0.2) is 22.9 Å². The number of urea groups is 1. The molecule has 0 aliphatic heterocycles. The lowest BCUT2D eigenvalue weighted by Crippen LogP contribution is -2.40. The van der Waals surface area contributed by atoms with Crippen LogP contribution < -0.4 is 10.0 Å². The molecule has 2 aromatic heterocycles. The Kier molecular flexibility index (Phi) is 8.11. The highest BCUT2D eigenvalue weighted by Crippen LogP contribution is 2.24. The quantitative estimate of drug-likeness (QED) is 0.394. The first-order chi connectivity index (χ1) is 16.7. The van der Waals surface area contributed by atoms with Crippen LogP contribution in [0.1, 0.15) is 35.3 Å². The molecule has 0 fully saturated rings. The van der Waals surface area contributed by atoms with E-state index in [-0.39, 0.29) is 10.4 Å². The third kappa shape index (κ3) is 5.72. The average Bonchev–Trinajstić information content (AvgIpc) is 3.18. The third-order valence-corrected chi connectivity index (χ3v) is 7.13. The Hall–Kier alpha value is -3.76. The highest BCUT2D eigenvalue weighted by Gasteiger charge is 2.17. The van der Waals surface area contributed by atoms with Gasteiger partial charge in [0.15, 0.2) is 0 Å². The van der Waals surface area contributed by atoms with Crippen LogP contribution in [0.25, 0.3) is 16.7 Å². The van der Waals surface area contributed by atoms with Gasteiger partial charge in [0.25, 0.3) is 10.0 Å². The number of carbonyl (C=O) groups excluding carboxylic acids is 1. The summed E-state index contributed by atoms with van der Waals surface area (Å²) in [6, 6.07) is 15.7. The van der Waals surface area contributed by atoms with Gasteiger partial charge in [-0.2, -0.15) is 0 Å². The van der Waals surface area contributed by atoms with Gasteiger partial charge in [-0.1, -0.05) is 36.8 Å². The van der Waals surface area contributed by atoms with E-state index in [1.807, 2.05) is 45.0 Å². The molecule has 0 saturated heterocycles. The maximum atomic E-state index is 12.3. The Morgan fingerprint density at radius 2 is 1.64 bits per heavy atom. The molecule has 9 nitrogen and oxygen atoms in total. The minimum atomic E-state index is -3.91. The molecular formula is C26H31N5O4S. The number of rotatable bonds is 7. The second kappa shape index (κ2) is 10.9. The van der Waals surface area contributed by atoms with Crippen LogP contribution in [-0.4, -0.2) is 41.0 Å². The molecule has 4 rings (SSSR count). The lowest BCUT2D eigenvalue weighted by Gasteiger charge is -2.11. The molecule has 0 spiro atoms. The summed E-state index contributed by atoms with van der Waals surface area (Å²) in [7, 11) is -3.91. The number of fused-ring (bicyclic) bond motifs is 1. The molecule has 4 aromatic rings. The Balaban J connectivity index is 0.00000361. The number of hydrogen-bond donors (Lipinski definition) is 2. The molecule has 4 N–H and O–H groups in total. The smallest absolute Gasteiger partial charge is 0.328 e. The molecule has 36 heavy (non-hydrogen) atoms. The van der Waals surface area contributed by atoms with Crippen molar-refractivity contribution in [2.75, 3.05) is 6.54 Å². The van der Waals surface area contributed by atoms with Crippen molar-refractivity contribution >= 4 is 27.1 Å². The largest absolute Gasteiger partial charge is 0.412 e. The number of benzene rings is 2. The van der Waals surface area contributed by atoms with Gasteiger partial charge in [-0.3, -0.25) is 9.55 Å². The molecule has 0 aliphatic rings. The molecular weight excluding hydrogens is 478 g/mol. The van der Waals surface area contributed by atoms with E-state index in [1.54, 1.807) is 12.1 Å². The zero-order valence-electron chi connectivity index (χ0n) is 20.8. The van der Waals surface area contributed by atoms with Crippen LogP contribution >= 0.6 is 0 Å². The highest BCUT2D eigenvalue weighted by atomic mass is 32.2. The number of pyridine rings is 1. The maximum absolute atomic E-state index is 12.3. The fourth-order valence-corrected chi connectivity index (χ4v) is 4.95. The first kappa shape index (κ1) is 26.8. The standard InChI is InChI=1S/C26H29N5O3S.H2O/c1-5-24-29-25-19(4)28-18(3)16-23(25)31(24)21-10-8-20(9-11-21)14-15-27-26(32)30-35(33,34)22-12-6-17(2)7-13-22;/h6-13,16H,5,14-15H2,1-4H3,(H2,27,30,32);1H2. The second-order valence-electron chi connectivity index (χ2n) is 8.52. The predicted molar refractivity (Wildman–Crippen MR) is 140 cm³/mol. The fraction of sp³-hybridized carbons (Fsp3) is 0.269. The summed E-state index contributed by atoms with van der Waals surface area (Å²) in [4.78, 5) is 21.5. The Bertz CT molecular complexity index is 1480. The number of sulfonamides is 1. The van der Waals surface area contributed by atoms with E-state index in [0.29, 0.717) is 13.0 Å². The lowest BCUT2D eigenvalue weighted by molar-refractivity contribution is 0.246. The fourth-order valence-electron chi connectivity index (χ4n) is 4.02. The Morgan fingerprint density at radius 1 is 0.972 bits per heavy atom. The van der Waals surface area contributed by atoms with Gasteiger partial charge in [0.1, 0.15) is 11.3 Å². The molecule has 0 unspecified atom stereocenters. The normalized spacial score (nSPS) is 11.2. The van der Waals surface area contributed by atoms with Crippen molar-refractivity contribution in [3.8, 4) is 5.69 Å². The molecule has 0 radical (unpaired) electrons. The third-order valence-electron chi connectivity index (χ3n) is 5.78. The topological polar surface area (TPSA) is 137 Å². The molecule has 2 aromatic carbocycles. The van der Waals surface area contributed by atoms with Crippen LogP contribution in [0.3, 0.4) is 0 Å². The number of aryl methyl sites for hydroxylation is 4. The van der Waals surface area contributed by atoms with E-state index in [2.05, 4.69) is 32.6 Å². The summed E-state index contributed by atoms with van der Waals surface area (Å²) in [5.41, 5.74) is 6.77. The van der Waals surface area contributed by atoms with Gasteiger partial charge in [0, 0.05) is 24.3 Å². The monoisotopic (exact) mass is 509 g/mol. The van der Waals surface area contributed by atoms with Crippen molar-refractivity contribution in [3.05, 3.63) is 82.9 Å². The van der Waals surface area contributed by atoms with Crippen LogP contribution in [0.4, 0.5) is 4.79 Å². The molecule has 10 heteroatoms. The highest BCUT2D eigenvalue weighted by molar-refractivity contribution is 7.90. The zero-order chi connectivity index (χ0) is 25.2. The molecule has 0 aliphatic carbocycles. The lowest BCUT2D eigenvalue weighted by atomic mass is 10.1. The number of nitrogens with zero attached hydrogens (tertiary/aromatic N) is 3. The number of amides is 2. The number of hydrogen-bond acceptors (Lipinski definition) is 5. The summed E-state index contributed by atoms with van der Waals surface area (Å²) >= 11 is 0. The predicted octanol–water partition coefficient (Wildman–Crippen LogP) is 3.31. The minimum absolute atomic E-state index is 0. The van der Waals surface area contributed by atoms with Gasteiger partial charge < -0.3 is 10.8 Å². The van der Waals surface area contributed by atoms with Gasteiger partial charge >= 0.3 is 6.03 Å². The van der Waals surface area contributed by atoms with E-state index in [1.165, 1.54) is 12.1 Å². The molecule has 190 valence electrons. The van der Waals surface area contributed by atoms with Crippen LogP contribution in [0.15, 0.2) is 59.5 Å². The number of carbonyl (C=O) groups is 1. The molecule has 2 amide bonds. The summed E-state index contributed by atoms with van der Waals surface area (Å²) < 4.78 is 28.9. The molecule has 2 heterocycles. The van der Waals surface area contributed by atoms with Gasteiger partial charge in [0.2, 0.25) is 0 Å². The number of imidazole rings is 1. The van der Waals surface area contributed by atoms with Crippen LogP contribution in [0.5, 0.6) is 0 Å². The molecule has 0 bridgehead atoms. The number of aromatic nitrogens is 3. The van der Waals surface area contributed by atoms with E-state index in [0.717, 1.165) is 51.5 Å². The molecule has 0 saturated carbocycles. The van der Waals surface area contributed by atoms with Crippen molar-refractivity contribution in [3.63, 3.8) is 0 Å². The Labute approximate surface area is 211 Å². The minimum Gasteiger partial charge on any atom is -0.412 e. The van der Waals surface area contributed by atoms with E-state index in [9.17, 15) is 13.2 Å². The number of nitrogens with one attached hydrogen (secondary N) is 2. The van der Waals surface area contributed by atoms with E-state index in [4.69, 9.17) is 4.98 Å². The van der Waals surface area contributed by atoms with Crippen molar-refractivity contribution < 1.29 is 18.7 Å². The van der Waals surface area contributed by atoms with Gasteiger partial charge in [0.05, 0.1) is 16.1 Å². The van der Waals surface area contributed by atoms with Crippen molar-refractivity contribution in [1.82, 2.24) is 24.6 Å². The van der Waals surface area contributed by atoms with Crippen molar-refractivity contribution in [1.29, 1.82) is 0 Å². The van der Waals surface area contributed by atoms with Gasteiger partial charge in [-0.15, -0.1) is 0 Å². The maximum Gasteiger partial charge on any atom is 0.328 e. The SMILES string of the molecule is CCc1nc2c(C)nc(C)cc2n1-c1ccc(CCNC(=O)NS(=O)(=O)c2ccc(C)cc2)cc1.O. The summed E-state index contributed by atoms with van der Waals surface area (Å²) in [5, 5.41) is 2.61. The van der Waals surface area contributed by atoms with Crippen molar-refractivity contribution in [2.45, 2.75) is 45.4 Å². The summed E-state index contributed by atoms with van der Waals surface area (Å²) in [6.07, 6.45) is 1.35. The van der Waals surface area contributed by atoms with Crippen molar-refractivity contribution in [2.24, 2.45) is 0 Å². The average molecular weight is 510 g/mol. The molecule has 0 atom stereocenters. The summed E-state index contributed by atoms with van der Waals surface area (Å²) in [6.45, 7) is 8.20. The van der Waals surface area contributed by atoms with E-state index < -0.39 is 16.1 Å². The van der Waals surface area contributed by atoms with Gasteiger partial charge in [-0.05, 0) is 63.1 Å². The Morgan fingerprint density at radius 3 is 2.28 bits per heavy atom. The van der Waals surface area contributed by atoms with Crippen LogP contribution in [0.2, 0.25) is 0 Å². The van der Waals surface area contributed by atoms with E-state index >= 15 is 0 Å².